The molecule has 0 aliphatic carbocycles. The van der Waals surface area contributed by atoms with Gasteiger partial charge in [-0.2, -0.15) is 4.58 Å². The lowest BCUT2D eigenvalue weighted by Crippen LogP contribution is -2.27. The summed E-state index contributed by atoms with van der Waals surface area (Å²) in [6.45, 7) is 33.6. The Morgan fingerprint density at radius 3 is 0.616 bits per heavy atom. The maximum Gasteiger partial charge on any atom is 0.209 e. The lowest BCUT2D eigenvalue weighted by Gasteiger charge is -2.15. The third kappa shape index (κ3) is 49.7. The predicted octanol–water partition coefficient (Wildman–Crippen LogP) is 3.42. The molecule has 1 aliphatic rings. The molecule has 0 N–H and O–H groups in total. The Kier molecular flexibility index (Phi) is 58.7. The second kappa shape index (κ2) is 63.1. The zero-order valence-electron chi connectivity index (χ0n) is 53.4. The molecule has 0 radical (unpaired) electrons. The molecule has 1 aliphatic heterocycles. The van der Waals surface area contributed by atoms with Gasteiger partial charge in [-0.05, 0) is 26.8 Å². The van der Waals surface area contributed by atoms with Crippen molar-refractivity contribution in [3.8, 4) is 0 Å². The van der Waals surface area contributed by atoms with E-state index in [0.29, 0.717) is 311 Å². The number of hydrogen-bond acceptors (Lipinski definition) is 24. The van der Waals surface area contributed by atoms with Crippen LogP contribution in [0.15, 0.2) is 18.2 Å². The van der Waals surface area contributed by atoms with Gasteiger partial charge in [0.2, 0.25) is 5.69 Å². The predicted molar refractivity (Wildman–Crippen MR) is 320 cm³/mol. The summed E-state index contributed by atoms with van der Waals surface area (Å²) in [4.78, 5) is 0. The quantitative estimate of drug-likeness (QED) is 0.0673. The van der Waals surface area contributed by atoms with E-state index in [2.05, 4.69) is 50.5 Å². The molecule has 2 rings (SSSR count). The van der Waals surface area contributed by atoms with Gasteiger partial charge in [0, 0.05) is 25.7 Å². The third-order valence-corrected chi connectivity index (χ3v) is 12.5. The maximum atomic E-state index is 5.86. The van der Waals surface area contributed by atoms with Gasteiger partial charge >= 0.3 is 0 Å². The summed E-state index contributed by atoms with van der Waals surface area (Å²) >= 11 is 0. The highest BCUT2D eigenvalue weighted by molar-refractivity contribution is 5.93. The van der Waals surface area contributed by atoms with Gasteiger partial charge in [0.1, 0.15) is 6.61 Å². The summed E-state index contributed by atoms with van der Waals surface area (Å²) in [6.07, 6.45) is 0. The number of aryl methyl sites for hydroxylation is 1. The molecule has 1 aromatic carbocycles. The molecule has 1 aromatic rings. The Bertz CT molecular complexity index is 1600. The van der Waals surface area contributed by atoms with Crippen molar-refractivity contribution < 1.29 is 118 Å². The van der Waals surface area contributed by atoms with E-state index in [4.69, 9.17) is 114 Å². The molecule has 25 nitrogen and oxygen atoms in total. The lowest BCUT2D eigenvalue weighted by molar-refractivity contribution is -0.443. The number of hydrogen-bond donors (Lipinski definition) is 0. The van der Waals surface area contributed by atoms with E-state index in [-0.39, 0.29) is 5.41 Å². The first kappa shape index (κ1) is 80.0. The van der Waals surface area contributed by atoms with Gasteiger partial charge < -0.3 is 114 Å². The van der Waals surface area contributed by atoms with Gasteiger partial charge in [0.15, 0.2) is 12.3 Å². The van der Waals surface area contributed by atoms with Crippen LogP contribution in [0.1, 0.15) is 31.9 Å². The van der Waals surface area contributed by atoms with Crippen molar-refractivity contribution in [1.82, 2.24) is 0 Å². The van der Waals surface area contributed by atoms with E-state index in [0.717, 1.165) is 6.54 Å². The van der Waals surface area contributed by atoms with Crippen molar-refractivity contribution in [1.29, 1.82) is 0 Å². The minimum absolute atomic E-state index is 0.0351. The van der Waals surface area contributed by atoms with Crippen LogP contribution in [0.3, 0.4) is 0 Å². The van der Waals surface area contributed by atoms with E-state index >= 15 is 0 Å². The van der Waals surface area contributed by atoms with Crippen molar-refractivity contribution in [3.05, 3.63) is 29.3 Å². The average Bonchev–Trinajstić information content (AvgIpc) is 1.97. The molecule has 506 valence electrons. The van der Waals surface area contributed by atoms with Crippen molar-refractivity contribution >= 4 is 11.4 Å². The van der Waals surface area contributed by atoms with Gasteiger partial charge in [-0.1, -0.05) is 11.6 Å². The Balaban J connectivity index is 1.11. The Morgan fingerprint density at radius 1 is 0.256 bits per heavy atom. The van der Waals surface area contributed by atoms with Gasteiger partial charge in [-0.15, -0.1) is 0 Å². The summed E-state index contributed by atoms with van der Waals surface area (Å²) in [5, 5.41) is 0. The van der Waals surface area contributed by atoms with E-state index in [1.54, 1.807) is 7.11 Å². The average molecular weight is 1250 g/mol. The lowest BCUT2D eigenvalue weighted by atomic mass is 9.82. The molecular formula is C61H114NO24+. The highest BCUT2D eigenvalue weighted by atomic mass is 16.6. The highest BCUT2D eigenvalue weighted by Gasteiger charge is 2.42. The first-order chi connectivity index (χ1) is 42.5. The van der Waals surface area contributed by atoms with Crippen LogP contribution in [0.5, 0.6) is 0 Å². The fourth-order valence-electron chi connectivity index (χ4n) is 7.63. The van der Waals surface area contributed by atoms with Crippen LogP contribution in [0, 0.1) is 6.92 Å². The molecule has 0 spiro atoms. The summed E-state index contributed by atoms with van der Waals surface area (Å²) in [6, 6.07) is 6.71. The minimum atomic E-state index is 0.0351. The minimum Gasteiger partial charge on any atom is -0.382 e. The van der Waals surface area contributed by atoms with Crippen molar-refractivity contribution in [2.45, 2.75) is 33.1 Å². The van der Waals surface area contributed by atoms with Crippen LogP contribution < -0.4 is 0 Å². The zero-order valence-corrected chi connectivity index (χ0v) is 53.4. The molecule has 25 heteroatoms. The largest absolute Gasteiger partial charge is 0.382 e. The Morgan fingerprint density at radius 2 is 0.430 bits per heavy atom. The van der Waals surface area contributed by atoms with Crippen LogP contribution in [0.25, 0.3) is 0 Å². The fraction of sp³-hybridized carbons (Fsp3) is 0.885. The third-order valence-electron chi connectivity index (χ3n) is 12.5. The smallest absolute Gasteiger partial charge is 0.209 e. The van der Waals surface area contributed by atoms with Gasteiger partial charge in [0.25, 0.3) is 0 Å². The number of rotatable bonds is 72. The van der Waals surface area contributed by atoms with Gasteiger partial charge in [-0.25, -0.2) is 0 Å². The van der Waals surface area contributed by atoms with Gasteiger partial charge in [0.05, 0.1) is 309 Å². The number of fused-ring (bicyclic) bond motifs is 1. The summed E-state index contributed by atoms with van der Waals surface area (Å²) in [5.41, 5.74) is 5.36. The van der Waals surface area contributed by atoms with E-state index in [9.17, 15) is 0 Å². The highest BCUT2D eigenvalue weighted by Crippen LogP contribution is 2.39. The molecule has 0 fully saturated rings. The summed E-state index contributed by atoms with van der Waals surface area (Å²) < 4.78 is 135. The van der Waals surface area contributed by atoms with Crippen LogP contribution in [0.4, 0.5) is 5.69 Å². The van der Waals surface area contributed by atoms with Crippen molar-refractivity contribution in [2.24, 2.45) is 0 Å². The second-order valence-corrected chi connectivity index (χ2v) is 19.5. The number of ether oxygens (including phenoxy) is 24. The van der Waals surface area contributed by atoms with Crippen molar-refractivity contribution in [3.63, 3.8) is 0 Å². The molecule has 0 saturated carbocycles. The normalized spacial score (nSPS) is 13.1. The number of nitrogens with zero attached hydrogens (tertiary/aromatic N) is 1. The molecule has 0 saturated heterocycles. The maximum absolute atomic E-state index is 5.86. The van der Waals surface area contributed by atoms with Gasteiger partial charge in [-0.3, -0.25) is 0 Å². The number of methoxy groups -OCH3 is 1. The molecule has 0 atom stereocenters. The first-order valence-electron chi connectivity index (χ1n) is 31.0. The molecule has 1 heterocycles. The number of benzene rings is 1. The topological polar surface area (TPSA) is 225 Å². The van der Waals surface area contributed by atoms with Crippen LogP contribution in [-0.4, -0.2) is 334 Å². The molecule has 0 aromatic heterocycles. The molecule has 0 unspecified atom stereocenters. The fourth-order valence-corrected chi connectivity index (χ4v) is 7.63. The van der Waals surface area contributed by atoms with E-state index in [1.807, 2.05) is 0 Å². The van der Waals surface area contributed by atoms with Crippen LogP contribution in [0.2, 0.25) is 0 Å². The SMILES string of the molecule is COCCOCCOCCOCCOCCOCCOCCOCCOCCOCCOCCOCCOCCOCCOCCOCCOCCOCCOCCOCCOCCOCCOCCOCC[N+]1=C(C)C(C)(C)c2cc(C)ccc21. The van der Waals surface area contributed by atoms with Crippen LogP contribution >= 0.6 is 0 Å². The Labute approximate surface area is 514 Å². The molecular weight excluding hydrogens is 1130 g/mol. The molecule has 0 bridgehead atoms. The molecule has 0 amide bonds. The Hall–Kier alpha value is -2.07. The second-order valence-electron chi connectivity index (χ2n) is 19.5. The molecule has 86 heavy (non-hydrogen) atoms. The summed E-state index contributed by atoms with van der Waals surface area (Å²) in [7, 11) is 1.64. The first-order valence-corrected chi connectivity index (χ1v) is 31.0. The van der Waals surface area contributed by atoms with E-state index < -0.39 is 0 Å². The van der Waals surface area contributed by atoms with E-state index in [1.165, 1.54) is 22.5 Å². The standard InChI is InChI=1S/C61H114NO24/c1-57-6-7-60-59(56-57)61(3,4)58(2)62(60)8-9-64-12-13-66-16-17-68-20-21-70-24-25-72-28-29-74-32-33-76-36-37-78-40-41-80-44-45-82-48-49-84-52-53-86-55-54-85-51-50-83-47-46-81-43-42-79-39-38-77-35-34-75-31-30-73-27-26-71-23-22-69-19-18-67-15-14-65-11-10-63-5/h6-7,56H,8-55H2,1-5H3/q+1. The van der Waals surface area contributed by atoms with Crippen molar-refractivity contribution in [2.75, 3.05) is 324 Å². The summed E-state index contributed by atoms with van der Waals surface area (Å²) in [5.74, 6) is 0. The zero-order chi connectivity index (χ0) is 61.4. The monoisotopic (exact) mass is 1240 g/mol. The van der Waals surface area contributed by atoms with Crippen LogP contribution in [-0.2, 0) is 119 Å².